The molecule has 2 aliphatic heterocycles. The summed E-state index contributed by atoms with van der Waals surface area (Å²) in [6, 6.07) is -0.119. The summed E-state index contributed by atoms with van der Waals surface area (Å²) in [7, 11) is -2.93. The largest absolute Gasteiger partial charge is 0.322 e. The number of hydrogen-bond donors (Lipinski definition) is 1. The van der Waals surface area contributed by atoms with Crippen LogP contribution in [-0.2, 0) is 14.6 Å². The van der Waals surface area contributed by atoms with Gasteiger partial charge in [-0.25, -0.2) is 8.42 Å². The van der Waals surface area contributed by atoms with Gasteiger partial charge in [-0.15, -0.1) is 0 Å². The van der Waals surface area contributed by atoms with E-state index in [1.165, 1.54) is 0 Å². The van der Waals surface area contributed by atoms with Crippen molar-refractivity contribution in [2.75, 3.05) is 18.1 Å². The molecule has 98 valence electrons. The van der Waals surface area contributed by atoms with Crippen LogP contribution in [0.1, 0.15) is 26.7 Å². The lowest BCUT2D eigenvalue weighted by molar-refractivity contribution is -0.129. The van der Waals surface area contributed by atoms with E-state index in [1.54, 1.807) is 4.90 Å². The van der Waals surface area contributed by atoms with Crippen LogP contribution in [0.2, 0.25) is 0 Å². The molecule has 5 nitrogen and oxygen atoms in total. The maximum absolute atomic E-state index is 11.8. The number of sulfone groups is 1. The Labute approximate surface area is 102 Å². The van der Waals surface area contributed by atoms with Crippen molar-refractivity contribution >= 4 is 15.7 Å². The molecule has 6 heteroatoms. The molecule has 0 bridgehead atoms. The summed E-state index contributed by atoms with van der Waals surface area (Å²) in [6.45, 7) is 4.55. The molecule has 0 spiro atoms. The van der Waals surface area contributed by atoms with Gasteiger partial charge in [0.05, 0.1) is 24.2 Å². The summed E-state index contributed by atoms with van der Waals surface area (Å²) in [5, 5.41) is 3.17. The van der Waals surface area contributed by atoms with E-state index in [1.807, 2.05) is 0 Å². The Bertz CT molecular complexity index is 405. The average molecular weight is 260 g/mol. The van der Waals surface area contributed by atoms with Crippen LogP contribution < -0.4 is 5.32 Å². The summed E-state index contributed by atoms with van der Waals surface area (Å²) in [5.41, 5.74) is 0. The van der Waals surface area contributed by atoms with Gasteiger partial charge in [-0.1, -0.05) is 13.8 Å². The van der Waals surface area contributed by atoms with E-state index >= 15 is 0 Å². The van der Waals surface area contributed by atoms with E-state index < -0.39 is 9.84 Å². The highest BCUT2D eigenvalue weighted by Crippen LogP contribution is 2.24. The SMILES string of the molecule is CC(C)CC1NCC(=O)N1C1CCS(=O)(=O)C1. The van der Waals surface area contributed by atoms with Gasteiger partial charge in [0.15, 0.2) is 9.84 Å². The summed E-state index contributed by atoms with van der Waals surface area (Å²) >= 11 is 0. The first-order valence-electron chi connectivity index (χ1n) is 6.14. The van der Waals surface area contributed by atoms with Gasteiger partial charge >= 0.3 is 0 Å². The van der Waals surface area contributed by atoms with Crippen LogP contribution >= 0.6 is 0 Å². The highest BCUT2D eigenvalue weighted by Gasteiger charge is 2.41. The molecule has 0 aromatic rings. The fraction of sp³-hybridized carbons (Fsp3) is 0.909. The Hall–Kier alpha value is -0.620. The third-order valence-electron chi connectivity index (χ3n) is 3.41. The van der Waals surface area contributed by atoms with Gasteiger partial charge in [0.2, 0.25) is 5.91 Å². The fourth-order valence-corrected chi connectivity index (χ4v) is 4.38. The maximum Gasteiger partial charge on any atom is 0.238 e. The summed E-state index contributed by atoms with van der Waals surface area (Å²) in [5.74, 6) is 0.877. The lowest BCUT2D eigenvalue weighted by Gasteiger charge is -2.30. The molecule has 2 saturated heterocycles. The third-order valence-corrected chi connectivity index (χ3v) is 5.16. The van der Waals surface area contributed by atoms with Gasteiger partial charge in [0.25, 0.3) is 0 Å². The minimum atomic E-state index is -2.93. The van der Waals surface area contributed by atoms with Crippen LogP contribution in [0.15, 0.2) is 0 Å². The van der Waals surface area contributed by atoms with Gasteiger partial charge in [0, 0.05) is 6.04 Å². The molecular formula is C11H20N2O3S. The zero-order chi connectivity index (χ0) is 12.6. The molecule has 2 atom stereocenters. The molecule has 2 heterocycles. The molecule has 0 aliphatic carbocycles. The topological polar surface area (TPSA) is 66.5 Å². The number of rotatable bonds is 3. The number of nitrogens with zero attached hydrogens (tertiary/aromatic N) is 1. The molecule has 1 amide bonds. The van der Waals surface area contributed by atoms with E-state index in [2.05, 4.69) is 19.2 Å². The Morgan fingerprint density at radius 3 is 2.71 bits per heavy atom. The van der Waals surface area contributed by atoms with E-state index in [0.717, 1.165) is 6.42 Å². The van der Waals surface area contributed by atoms with E-state index in [4.69, 9.17) is 0 Å². The van der Waals surface area contributed by atoms with Crippen LogP contribution in [0.5, 0.6) is 0 Å². The van der Waals surface area contributed by atoms with Crippen molar-refractivity contribution in [2.24, 2.45) is 5.92 Å². The number of carbonyl (C=O) groups is 1. The van der Waals surface area contributed by atoms with Gasteiger partial charge in [0.1, 0.15) is 0 Å². The molecule has 2 unspecified atom stereocenters. The number of carbonyl (C=O) groups excluding carboxylic acids is 1. The maximum atomic E-state index is 11.8. The van der Waals surface area contributed by atoms with Crippen molar-refractivity contribution in [1.82, 2.24) is 10.2 Å². The van der Waals surface area contributed by atoms with Crippen molar-refractivity contribution in [3.05, 3.63) is 0 Å². The molecule has 2 aliphatic rings. The van der Waals surface area contributed by atoms with Crippen molar-refractivity contribution in [3.8, 4) is 0 Å². The van der Waals surface area contributed by atoms with Gasteiger partial charge in [-0.05, 0) is 18.8 Å². The Kier molecular flexibility index (Phi) is 3.45. The monoisotopic (exact) mass is 260 g/mol. The Morgan fingerprint density at radius 2 is 2.18 bits per heavy atom. The second-order valence-corrected chi connectivity index (χ2v) is 7.61. The van der Waals surface area contributed by atoms with Crippen LogP contribution in [0, 0.1) is 5.92 Å². The van der Waals surface area contributed by atoms with E-state index in [9.17, 15) is 13.2 Å². The van der Waals surface area contributed by atoms with Gasteiger partial charge < -0.3 is 4.90 Å². The number of nitrogens with one attached hydrogen (secondary N) is 1. The quantitative estimate of drug-likeness (QED) is 0.774. The lowest BCUT2D eigenvalue weighted by atomic mass is 10.1. The molecule has 2 rings (SSSR count). The zero-order valence-corrected chi connectivity index (χ0v) is 11.2. The zero-order valence-electron chi connectivity index (χ0n) is 10.3. The summed E-state index contributed by atoms with van der Waals surface area (Å²) in [6.07, 6.45) is 1.48. The standard InChI is InChI=1S/C11H20N2O3S/c1-8(2)5-10-12-6-11(14)13(10)9-3-4-17(15,16)7-9/h8-10,12H,3-7H2,1-2H3. The van der Waals surface area contributed by atoms with Crippen molar-refractivity contribution < 1.29 is 13.2 Å². The van der Waals surface area contributed by atoms with Crippen LogP contribution in [0.3, 0.4) is 0 Å². The second kappa shape index (κ2) is 4.57. The minimum Gasteiger partial charge on any atom is -0.322 e. The summed E-state index contributed by atoms with van der Waals surface area (Å²) < 4.78 is 22.9. The molecule has 1 N–H and O–H groups in total. The average Bonchev–Trinajstić information content (AvgIpc) is 2.69. The van der Waals surface area contributed by atoms with Crippen molar-refractivity contribution in [2.45, 2.75) is 38.9 Å². The molecular weight excluding hydrogens is 240 g/mol. The number of hydrogen-bond acceptors (Lipinski definition) is 4. The third kappa shape index (κ3) is 2.80. The fourth-order valence-electron chi connectivity index (χ4n) is 2.66. The second-order valence-electron chi connectivity index (χ2n) is 5.38. The first-order chi connectivity index (χ1) is 7.89. The van der Waals surface area contributed by atoms with Crippen LogP contribution in [-0.4, -0.2) is 49.5 Å². The highest BCUT2D eigenvalue weighted by atomic mass is 32.2. The van der Waals surface area contributed by atoms with Crippen molar-refractivity contribution in [1.29, 1.82) is 0 Å². The molecule has 0 aromatic carbocycles. The van der Waals surface area contributed by atoms with Crippen molar-refractivity contribution in [3.63, 3.8) is 0 Å². The highest BCUT2D eigenvalue weighted by molar-refractivity contribution is 7.91. The Balaban J connectivity index is 2.09. The number of amides is 1. The van der Waals surface area contributed by atoms with Crippen LogP contribution in [0.25, 0.3) is 0 Å². The van der Waals surface area contributed by atoms with Gasteiger partial charge in [-0.2, -0.15) is 0 Å². The normalized spacial score (nSPS) is 32.6. The Morgan fingerprint density at radius 1 is 1.47 bits per heavy atom. The molecule has 17 heavy (non-hydrogen) atoms. The minimum absolute atomic E-state index is 0.0146. The first kappa shape index (κ1) is 12.8. The predicted octanol–water partition coefficient (Wildman–Crippen LogP) is -0.0225. The molecule has 2 fully saturated rings. The van der Waals surface area contributed by atoms with Gasteiger partial charge in [-0.3, -0.25) is 10.1 Å². The van der Waals surface area contributed by atoms with E-state index in [-0.39, 0.29) is 29.6 Å². The molecule has 0 saturated carbocycles. The van der Waals surface area contributed by atoms with E-state index in [0.29, 0.717) is 18.9 Å². The molecule has 0 aromatic heterocycles. The lowest BCUT2D eigenvalue weighted by Crippen LogP contribution is -2.45. The molecule has 0 radical (unpaired) electrons. The first-order valence-corrected chi connectivity index (χ1v) is 7.96. The summed E-state index contributed by atoms with van der Waals surface area (Å²) in [4.78, 5) is 13.6. The predicted molar refractivity (Wildman–Crippen MR) is 65.2 cm³/mol. The smallest absolute Gasteiger partial charge is 0.238 e. The van der Waals surface area contributed by atoms with Crippen LogP contribution in [0.4, 0.5) is 0 Å².